The van der Waals surface area contributed by atoms with Crippen molar-refractivity contribution < 1.29 is 14.5 Å². The first-order chi connectivity index (χ1) is 12.9. The van der Waals surface area contributed by atoms with Gasteiger partial charge in [-0.05, 0) is 50.4 Å². The fraction of sp³-hybridized carbons (Fsp3) is 0.412. The Morgan fingerprint density at radius 3 is 1.86 bits per heavy atom. The molecule has 2 fully saturated rings. The summed E-state index contributed by atoms with van der Waals surface area (Å²) in [6, 6.07) is 5.26. The van der Waals surface area contributed by atoms with Crippen molar-refractivity contribution in [1.29, 1.82) is 0 Å². The van der Waals surface area contributed by atoms with Crippen LogP contribution in [0, 0.1) is 10.1 Å². The Morgan fingerprint density at radius 1 is 0.964 bits per heavy atom. The summed E-state index contributed by atoms with van der Waals surface area (Å²) in [4.78, 5) is 42.4. The second-order valence-corrected chi connectivity index (χ2v) is 7.75. The lowest BCUT2D eigenvalue weighted by molar-refractivity contribution is -0.384. The van der Waals surface area contributed by atoms with Crippen LogP contribution in [0.15, 0.2) is 24.3 Å². The maximum absolute atomic E-state index is 13.4. The van der Waals surface area contributed by atoms with Gasteiger partial charge in [-0.2, -0.15) is 0 Å². The van der Waals surface area contributed by atoms with E-state index in [1.54, 1.807) is 30.8 Å². The Kier molecular flexibility index (Phi) is 4.43. The second-order valence-electron chi connectivity index (χ2n) is 7.02. The highest BCUT2D eigenvalue weighted by Crippen LogP contribution is 2.50. The highest BCUT2D eigenvalue weighted by molar-refractivity contribution is 7.80. The molecule has 2 saturated heterocycles. The average molecular weight is 422 g/mol. The maximum Gasteiger partial charge on any atom is 0.269 e. The van der Waals surface area contributed by atoms with Crippen LogP contribution in [0.5, 0.6) is 0 Å². The number of rotatable bonds is 2. The first kappa shape index (κ1) is 20.1. The predicted octanol–water partition coefficient (Wildman–Crippen LogP) is 1.78. The Morgan fingerprint density at radius 2 is 1.43 bits per heavy atom. The van der Waals surface area contributed by atoms with Crippen molar-refractivity contribution in [3.05, 3.63) is 39.9 Å². The number of benzene rings is 1. The van der Waals surface area contributed by atoms with E-state index in [1.807, 2.05) is 6.92 Å². The van der Waals surface area contributed by atoms with Gasteiger partial charge in [0.15, 0.2) is 21.6 Å². The van der Waals surface area contributed by atoms with Crippen LogP contribution in [0.1, 0.15) is 31.1 Å². The minimum absolute atomic E-state index is 0.124. The van der Waals surface area contributed by atoms with E-state index in [9.17, 15) is 19.7 Å². The van der Waals surface area contributed by atoms with Crippen LogP contribution in [0.2, 0.25) is 0 Å². The zero-order valence-electron chi connectivity index (χ0n) is 16.0. The highest BCUT2D eigenvalue weighted by Gasteiger charge is 2.72. The van der Waals surface area contributed by atoms with Crippen LogP contribution in [0.4, 0.5) is 5.69 Å². The number of fused-ring (bicyclic) bond motifs is 1. The third-order valence-corrected chi connectivity index (χ3v) is 6.79. The molecule has 11 heteroatoms. The summed E-state index contributed by atoms with van der Waals surface area (Å²) in [6.45, 7) is 4.98. The quantitative estimate of drug-likeness (QED) is 0.406. The maximum atomic E-state index is 13.4. The molecule has 2 atom stereocenters. The molecule has 2 aliphatic rings. The van der Waals surface area contributed by atoms with Gasteiger partial charge in [0.1, 0.15) is 0 Å². The number of carbonyl (C=O) groups excluding carboxylic acids is 2. The fourth-order valence-corrected chi connectivity index (χ4v) is 4.93. The van der Waals surface area contributed by atoms with E-state index in [-0.39, 0.29) is 27.4 Å². The molecule has 3 rings (SSSR count). The molecule has 28 heavy (non-hydrogen) atoms. The molecule has 0 aromatic heterocycles. The summed E-state index contributed by atoms with van der Waals surface area (Å²) in [7, 11) is 3.49. The SMILES string of the molecule is CC(=O)N1C(=S)N(C)[C@]2(C)N(C)C(=S)N(C(=O)c3ccc([N+](=O)[O-])cc3)[C@]12C. The molecule has 0 bridgehead atoms. The number of nitrogens with zero attached hydrogens (tertiary/aromatic N) is 5. The van der Waals surface area contributed by atoms with E-state index < -0.39 is 22.2 Å². The predicted molar refractivity (Wildman–Crippen MR) is 109 cm³/mol. The Hall–Kier alpha value is -2.66. The van der Waals surface area contributed by atoms with Gasteiger partial charge in [0.25, 0.3) is 11.6 Å². The first-order valence-corrected chi connectivity index (χ1v) is 9.17. The lowest BCUT2D eigenvalue weighted by Crippen LogP contribution is -2.65. The number of hydrogen-bond acceptors (Lipinski definition) is 6. The summed E-state index contributed by atoms with van der Waals surface area (Å²) in [6.07, 6.45) is 0. The molecule has 0 spiro atoms. The fourth-order valence-electron chi connectivity index (χ4n) is 4.01. The lowest BCUT2D eigenvalue weighted by atomic mass is 9.94. The van der Waals surface area contributed by atoms with Gasteiger partial charge in [0.05, 0.1) is 4.92 Å². The van der Waals surface area contributed by atoms with Crippen molar-refractivity contribution in [2.24, 2.45) is 0 Å². The molecule has 0 radical (unpaired) electrons. The summed E-state index contributed by atoms with van der Waals surface area (Å²) in [5.74, 6) is -0.787. The topological polar surface area (TPSA) is 90.2 Å². The van der Waals surface area contributed by atoms with Crippen LogP contribution in [-0.2, 0) is 4.79 Å². The molecule has 9 nitrogen and oxygen atoms in total. The van der Waals surface area contributed by atoms with Gasteiger partial charge in [0, 0.05) is 38.7 Å². The molecule has 1 aromatic carbocycles. The summed E-state index contributed by atoms with van der Waals surface area (Å²) < 4.78 is 0. The van der Waals surface area contributed by atoms with Gasteiger partial charge < -0.3 is 9.80 Å². The Bertz CT molecular complexity index is 936. The molecule has 0 saturated carbocycles. The normalized spacial score (nSPS) is 26.8. The van der Waals surface area contributed by atoms with Gasteiger partial charge >= 0.3 is 0 Å². The molecule has 2 heterocycles. The van der Waals surface area contributed by atoms with Gasteiger partial charge in [-0.1, -0.05) is 0 Å². The van der Waals surface area contributed by atoms with E-state index in [0.717, 1.165) is 0 Å². The molecule has 0 aliphatic carbocycles. The minimum atomic E-state index is -1.20. The number of likely N-dealkylation sites (N-methyl/N-ethyl adjacent to an activating group) is 2. The van der Waals surface area contributed by atoms with E-state index in [2.05, 4.69) is 0 Å². The van der Waals surface area contributed by atoms with Crippen LogP contribution in [-0.4, -0.2) is 72.0 Å². The molecular weight excluding hydrogens is 402 g/mol. The van der Waals surface area contributed by atoms with Crippen molar-refractivity contribution in [2.75, 3.05) is 14.1 Å². The van der Waals surface area contributed by atoms with E-state index in [0.29, 0.717) is 0 Å². The van der Waals surface area contributed by atoms with Crippen LogP contribution >= 0.6 is 24.4 Å². The van der Waals surface area contributed by atoms with E-state index in [1.165, 1.54) is 41.0 Å². The summed E-state index contributed by atoms with van der Waals surface area (Å²) in [5.41, 5.74) is -1.99. The molecule has 148 valence electrons. The molecule has 0 unspecified atom stereocenters. The third-order valence-electron chi connectivity index (χ3n) is 5.87. The largest absolute Gasteiger partial charge is 0.325 e. The van der Waals surface area contributed by atoms with Crippen LogP contribution in [0.3, 0.4) is 0 Å². The van der Waals surface area contributed by atoms with Gasteiger partial charge in [-0.25, -0.2) is 0 Å². The van der Waals surface area contributed by atoms with Crippen molar-refractivity contribution in [1.82, 2.24) is 19.6 Å². The smallest absolute Gasteiger partial charge is 0.269 e. The van der Waals surface area contributed by atoms with Gasteiger partial charge in [0.2, 0.25) is 5.91 Å². The van der Waals surface area contributed by atoms with Crippen LogP contribution < -0.4 is 0 Å². The zero-order valence-corrected chi connectivity index (χ0v) is 17.6. The van der Waals surface area contributed by atoms with Gasteiger partial charge in [-0.3, -0.25) is 29.5 Å². The van der Waals surface area contributed by atoms with Crippen molar-refractivity contribution in [3.8, 4) is 0 Å². The van der Waals surface area contributed by atoms with E-state index in [4.69, 9.17) is 24.4 Å². The second kappa shape index (κ2) is 6.17. The van der Waals surface area contributed by atoms with Crippen molar-refractivity contribution >= 4 is 52.2 Å². The van der Waals surface area contributed by atoms with E-state index >= 15 is 0 Å². The molecule has 2 aliphatic heterocycles. The average Bonchev–Trinajstić information content (AvgIpc) is 2.89. The van der Waals surface area contributed by atoms with Crippen molar-refractivity contribution in [2.45, 2.75) is 32.1 Å². The summed E-state index contributed by atoms with van der Waals surface area (Å²) >= 11 is 11.0. The molecule has 2 amide bonds. The standard InChI is InChI=1S/C17H19N5O4S2/c1-10(23)20-14(27)18(4)16(2)17(20,3)21(15(28)19(16)5)13(24)11-6-8-12(9-7-11)22(25)26/h6-9H,1-5H3/t16-,17+/m1/s1. The number of hydrogen-bond donors (Lipinski definition) is 0. The minimum Gasteiger partial charge on any atom is -0.325 e. The zero-order chi connectivity index (χ0) is 21.2. The van der Waals surface area contributed by atoms with Crippen LogP contribution in [0.25, 0.3) is 0 Å². The third kappa shape index (κ3) is 2.23. The number of thiocarbonyl (C=S) groups is 2. The molecule has 1 aromatic rings. The molecule has 0 N–H and O–H groups in total. The monoisotopic (exact) mass is 421 g/mol. The van der Waals surface area contributed by atoms with Gasteiger partial charge in [-0.15, -0.1) is 0 Å². The number of nitro groups is 1. The number of non-ortho nitro benzene ring substituents is 1. The molecular formula is C17H19N5O4S2. The lowest BCUT2D eigenvalue weighted by Gasteiger charge is -2.43. The number of carbonyl (C=O) groups is 2. The Balaban J connectivity index is 2.16. The first-order valence-electron chi connectivity index (χ1n) is 8.36. The number of nitro benzene ring substituents is 1. The highest BCUT2D eigenvalue weighted by atomic mass is 32.1. The Labute approximate surface area is 172 Å². The summed E-state index contributed by atoms with van der Waals surface area (Å²) in [5, 5.41) is 11.4. The number of amides is 2. The van der Waals surface area contributed by atoms with Crippen molar-refractivity contribution in [3.63, 3.8) is 0 Å².